The molecule has 0 saturated carbocycles. The van der Waals surface area contributed by atoms with Gasteiger partial charge in [0, 0.05) is 6.42 Å². The Hall–Kier alpha value is -5.13. The van der Waals surface area contributed by atoms with Crippen molar-refractivity contribution in [2.24, 2.45) is 0 Å². The van der Waals surface area contributed by atoms with E-state index in [0.29, 0.717) is 19.8 Å². The summed E-state index contributed by atoms with van der Waals surface area (Å²) < 4.78 is 43.7. The molecule has 0 aliphatic carbocycles. The average Bonchev–Trinajstić information content (AvgIpc) is 3.68. The van der Waals surface area contributed by atoms with Gasteiger partial charge >= 0.3 is 30.4 Å². The van der Waals surface area contributed by atoms with Crippen LogP contribution in [-0.2, 0) is 37.9 Å². The Morgan fingerprint density at radius 2 is 1.39 bits per heavy atom. The molecule has 15 heteroatoms. The van der Waals surface area contributed by atoms with E-state index in [0.717, 1.165) is 6.42 Å². The molecule has 1 aromatic rings. The van der Waals surface area contributed by atoms with E-state index in [1.807, 2.05) is 0 Å². The summed E-state index contributed by atoms with van der Waals surface area (Å²) in [6, 6.07) is 0. The highest BCUT2D eigenvalue weighted by Crippen LogP contribution is 2.08. The molecule has 0 radical (unpaired) electrons. The van der Waals surface area contributed by atoms with Crippen LogP contribution in [0.5, 0.6) is 0 Å². The SMILES string of the molecule is C#CC1COC(=O)O1.C=CC1CCOC(=O)O1.C=CC1COC(=O)O1.O=C1OC=CCO1.O=c1occo1. The molecule has 15 nitrogen and oxygen atoms in total. The van der Waals surface area contributed by atoms with Crippen LogP contribution < -0.4 is 5.82 Å². The van der Waals surface area contributed by atoms with Gasteiger partial charge in [0.1, 0.15) is 38.5 Å². The van der Waals surface area contributed by atoms with Gasteiger partial charge in [0.25, 0.3) is 0 Å². The number of hydrogen-bond donors (Lipinski definition) is 0. The minimum absolute atomic E-state index is 0.147. The molecule has 206 valence electrons. The Kier molecular flexibility index (Phi) is 14.8. The van der Waals surface area contributed by atoms with Crippen molar-refractivity contribution in [1.82, 2.24) is 0 Å². The Balaban J connectivity index is 0.000000239. The molecule has 0 bridgehead atoms. The van der Waals surface area contributed by atoms with Gasteiger partial charge in [-0.1, -0.05) is 25.2 Å². The molecule has 4 aliphatic rings. The second-order valence-electron chi connectivity index (χ2n) is 6.37. The first-order valence-corrected chi connectivity index (χ1v) is 10.5. The molecule has 3 saturated heterocycles. The van der Waals surface area contributed by atoms with Crippen molar-refractivity contribution in [3.05, 3.63) is 60.8 Å². The average molecular weight is 540 g/mol. The lowest BCUT2D eigenvalue weighted by atomic mass is 10.2. The topological polar surface area (TPSA) is 185 Å². The van der Waals surface area contributed by atoms with Crippen molar-refractivity contribution in [1.29, 1.82) is 0 Å². The van der Waals surface area contributed by atoms with Gasteiger partial charge in [-0.15, -0.1) is 6.42 Å². The molecule has 3 atom stereocenters. The second kappa shape index (κ2) is 18.2. The molecule has 5 rings (SSSR count). The van der Waals surface area contributed by atoms with Crippen LogP contribution in [0, 0.1) is 12.3 Å². The lowest BCUT2D eigenvalue weighted by molar-refractivity contribution is -0.00555. The third kappa shape index (κ3) is 14.3. The number of hydrogen-bond acceptors (Lipinski definition) is 15. The number of cyclic esters (lactones) is 8. The Bertz CT molecular complexity index is 1030. The van der Waals surface area contributed by atoms with Crippen LogP contribution >= 0.6 is 0 Å². The minimum Gasteiger partial charge on any atom is -0.434 e. The monoisotopic (exact) mass is 540 g/mol. The van der Waals surface area contributed by atoms with E-state index in [1.165, 1.54) is 24.9 Å². The first-order chi connectivity index (χ1) is 18.3. The summed E-state index contributed by atoms with van der Waals surface area (Å²) >= 11 is 0. The molecule has 0 amide bonds. The van der Waals surface area contributed by atoms with Crippen LogP contribution in [0.15, 0.2) is 63.8 Å². The number of rotatable bonds is 2. The fourth-order valence-corrected chi connectivity index (χ4v) is 2.00. The van der Waals surface area contributed by atoms with E-state index in [4.69, 9.17) is 6.42 Å². The van der Waals surface area contributed by atoms with E-state index >= 15 is 0 Å². The van der Waals surface area contributed by atoms with Gasteiger partial charge in [0.05, 0.1) is 12.9 Å². The Morgan fingerprint density at radius 3 is 1.68 bits per heavy atom. The highest BCUT2D eigenvalue weighted by molar-refractivity contribution is 5.63. The molecule has 0 N–H and O–H groups in total. The summed E-state index contributed by atoms with van der Waals surface area (Å²) in [5, 5.41) is 0. The molecule has 0 spiro atoms. The molecule has 0 aromatic carbocycles. The van der Waals surface area contributed by atoms with E-state index in [9.17, 15) is 24.0 Å². The predicted molar refractivity (Wildman–Crippen MR) is 121 cm³/mol. The normalized spacial score (nSPS) is 21.9. The molecular weight excluding hydrogens is 516 g/mol. The smallest absolute Gasteiger partial charge is 0.434 e. The first-order valence-electron chi connectivity index (χ1n) is 10.5. The van der Waals surface area contributed by atoms with E-state index in [1.54, 1.807) is 12.2 Å². The number of carbonyl (C=O) groups excluding carboxylic acids is 4. The maximum absolute atomic E-state index is 10.3. The van der Waals surface area contributed by atoms with Crippen LogP contribution in [0.3, 0.4) is 0 Å². The van der Waals surface area contributed by atoms with Crippen LogP contribution in [0.4, 0.5) is 19.2 Å². The lowest BCUT2D eigenvalue weighted by Crippen LogP contribution is -2.25. The van der Waals surface area contributed by atoms with Gasteiger partial charge in [0.15, 0.2) is 12.2 Å². The van der Waals surface area contributed by atoms with Gasteiger partial charge in [-0.05, 0) is 12.2 Å². The summed E-state index contributed by atoms with van der Waals surface area (Å²) in [7, 11) is 0. The van der Waals surface area contributed by atoms with Gasteiger partial charge in [0.2, 0.25) is 0 Å². The molecule has 1 aromatic heterocycles. The summed E-state index contributed by atoms with van der Waals surface area (Å²) in [6.45, 7) is 8.18. The van der Waals surface area contributed by atoms with Crippen molar-refractivity contribution in [3.8, 4) is 12.3 Å². The largest absolute Gasteiger partial charge is 0.518 e. The van der Waals surface area contributed by atoms with Gasteiger partial charge in [-0.3, -0.25) is 0 Å². The predicted octanol–water partition coefficient (Wildman–Crippen LogP) is 2.86. The van der Waals surface area contributed by atoms with Crippen LogP contribution in [0.25, 0.3) is 0 Å². The van der Waals surface area contributed by atoms with Crippen molar-refractivity contribution < 1.29 is 65.9 Å². The minimum atomic E-state index is -0.673. The Morgan fingerprint density at radius 1 is 0.789 bits per heavy atom. The summed E-state index contributed by atoms with van der Waals surface area (Å²) in [5.74, 6) is 1.57. The molecule has 4 aliphatic heterocycles. The lowest BCUT2D eigenvalue weighted by Gasteiger charge is -2.18. The molecule has 3 unspecified atom stereocenters. The number of terminal acetylenes is 1. The summed E-state index contributed by atoms with van der Waals surface area (Å²) in [6.07, 6.45) is 10.7. The molecular formula is C23H24O15. The Labute approximate surface area is 215 Å². The van der Waals surface area contributed by atoms with Crippen LogP contribution in [-0.4, -0.2) is 69.4 Å². The van der Waals surface area contributed by atoms with Crippen molar-refractivity contribution in [2.45, 2.75) is 24.7 Å². The zero-order valence-corrected chi connectivity index (χ0v) is 19.8. The fourth-order valence-electron chi connectivity index (χ4n) is 2.00. The quantitative estimate of drug-likeness (QED) is 0.230. The first kappa shape index (κ1) is 30.9. The van der Waals surface area contributed by atoms with Crippen LogP contribution in [0.1, 0.15) is 6.42 Å². The number of carbonyl (C=O) groups is 4. The second-order valence-corrected chi connectivity index (χ2v) is 6.37. The van der Waals surface area contributed by atoms with Gasteiger partial charge < -0.3 is 46.7 Å². The van der Waals surface area contributed by atoms with Crippen molar-refractivity contribution >= 4 is 24.6 Å². The maximum atomic E-state index is 10.3. The van der Waals surface area contributed by atoms with Crippen molar-refractivity contribution in [3.63, 3.8) is 0 Å². The zero-order valence-electron chi connectivity index (χ0n) is 19.8. The molecule has 5 heterocycles. The van der Waals surface area contributed by atoms with E-state index in [-0.39, 0.29) is 18.8 Å². The summed E-state index contributed by atoms with van der Waals surface area (Å²) in [5.41, 5.74) is 0. The zero-order chi connectivity index (χ0) is 28.2. The highest BCUT2D eigenvalue weighted by Gasteiger charge is 2.22. The molecule has 3 fully saturated rings. The van der Waals surface area contributed by atoms with E-state index < -0.39 is 36.5 Å². The van der Waals surface area contributed by atoms with E-state index in [2.05, 4.69) is 65.8 Å². The third-order valence-electron chi connectivity index (χ3n) is 3.73. The van der Waals surface area contributed by atoms with Gasteiger partial charge in [-0.2, -0.15) is 0 Å². The maximum Gasteiger partial charge on any atom is 0.518 e. The third-order valence-corrected chi connectivity index (χ3v) is 3.73. The number of ether oxygens (including phenoxy) is 8. The standard InChI is InChI=1S/C6H8O3.C5H6O3.C5H4O3.C4H4O3.C3H2O3/c1-2-5-3-4-8-6(7)9-5;2*1-2-4-3-7-5(6)8-4;5-4-6-2-1-3-7-4;4-3-5-1-2-6-3/h2,5H,1,3-4H2;2,4H,1,3H2;1,4H,3H2;1-2H,3H2;1-2H. The van der Waals surface area contributed by atoms with Crippen LogP contribution in [0.2, 0.25) is 0 Å². The fraction of sp³-hybridized carbons (Fsp3) is 0.348. The molecule has 38 heavy (non-hydrogen) atoms. The van der Waals surface area contributed by atoms with Gasteiger partial charge in [-0.25, -0.2) is 24.0 Å². The van der Waals surface area contributed by atoms with Crippen molar-refractivity contribution in [2.75, 3.05) is 26.4 Å². The highest BCUT2D eigenvalue weighted by atomic mass is 16.8. The summed E-state index contributed by atoms with van der Waals surface area (Å²) in [4.78, 5) is 50.2.